The molecular weight excluding hydrogens is 260 g/mol. The predicted octanol–water partition coefficient (Wildman–Crippen LogP) is 0.0190. The molecule has 1 aliphatic heterocycles. The summed E-state index contributed by atoms with van der Waals surface area (Å²) in [5.41, 5.74) is 6.15. The first-order valence-electron chi connectivity index (χ1n) is 6.44. The predicted molar refractivity (Wildman–Crippen MR) is 72.4 cm³/mol. The lowest BCUT2D eigenvalue weighted by Gasteiger charge is -2.34. The maximum atomic E-state index is 12.2. The van der Waals surface area contributed by atoms with Gasteiger partial charge < -0.3 is 20.9 Å². The van der Waals surface area contributed by atoms with Crippen molar-refractivity contribution in [1.29, 1.82) is 0 Å². The van der Waals surface area contributed by atoms with E-state index in [0.29, 0.717) is 18.7 Å². The van der Waals surface area contributed by atoms with Gasteiger partial charge in [0.2, 0.25) is 0 Å². The Morgan fingerprint density at radius 1 is 1.55 bits per heavy atom. The molecule has 0 spiro atoms. The van der Waals surface area contributed by atoms with Crippen molar-refractivity contribution in [2.75, 3.05) is 13.1 Å². The minimum Gasteiger partial charge on any atom is -0.409 e. The Labute approximate surface area is 116 Å². The number of aliphatic hydroxyl groups excluding tert-OH is 1. The minimum atomic E-state index is -0.496. The Bertz CT molecular complexity index is 515. The van der Waals surface area contributed by atoms with E-state index >= 15 is 0 Å². The first kappa shape index (κ1) is 14.3. The van der Waals surface area contributed by atoms with Gasteiger partial charge in [0.25, 0.3) is 5.91 Å². The number of aliphatic hydroxyl groups is 1. The van der Waals surface area contributed by atoms with Gasteiger partial charge in [0, 0.05) is 24.8 Å². The number of carbonyl (C=O) groups excluding carboxylic acids is 1. The van der Waals surface area contributed by atoms with E-state index in [4.69, 9.17) is 10.9 Å². The SMILES string of the molecule is CC1CCN(C(=O)c2ccc(/C(N)=N/O)cn2)CC1O. The highest BCUT2D eigenvalue weighted by Crippen LogP contribution is 2.18. The molecule has 0 radical (unpaired) electrons. The fraction of sp³-hybridized carbons (Fsp3) is 0.462. The van der Waals surface area contributed by atoms with Gasteiger partial charge in [0.1, 0.15) is 5.69 Å². The third kappa shape index (κ3) is 2.88. The largest absolute Gasteiger partial charge is 0.409 e. The van der Waals surface area contributed by atoms with Gasteiger partial charge in [-0.05, 0) is 24.5 Å². The van der Waals surface area contributed by atoms with Gasteiger partial charge in [-0.2, -0.15) is 0 Å². The summed E-state index contributed by atoms with van der Waals surface area (Å²) in [6.45, 7) is 2.90. The van der Waals surface area contributed by atoms with Crippen LogP contribution in [0.2, 0.25) is 0 Å². The van der Waals surface area contributed by atoms with Crippen LogP contribution in [0.1, 0.15) is 29.4 Å². The van der Waals surface area contributed by atoms with Gasteiger partial charge in [-0.3, -0.25) is 9.78 Å². The van der Waals surface area contributed by atoms with Crippen LogP contribution in [0.5, 0.6) is 0 Å². The highest BCUT2D eigenvalue weighted by atomic mass is 16.4. The van der Waals surface area contributed by atoms with Gasteiger partial charge >= 0.3 is 0 Å². The van der Waals surface area contributed by atoms with Gasteiger partial charge in [-0.1, -0.05) is 12.1 Å². The van der Waals surface area contributed by atoms with Crippen LogP contribution in [0.4, 0.5) is 0 Å². The highest BCUT2D eigenvalue weighted by molar-refractivity contribution is 5.98. The molecule has 2 unspecified atom stereocenters. The van der Waals surface area contributed by atoms with E-state index in [1.54, 1.807) is 11.0 Å². The Balaban J connectivity index is 2.10. The number of amides is 1. The number of nitrogens with zero attached hydrogens (tertiary/aromatic N) is 3. The van der Waals surface area contributed by atoms with Gasteiger partial charge in [0.05, 0.1) is 6.10 Å². The Morgan fingerprint density at radius 2 is 2.30 bits per heavy atom. The first-order valence-corrected chi connectivity index (χ1v) is 6.44. The van der Waals surface area contributed by atoms with Crippen LogP contribution in [0.3, 0.4) is 0 Å². The fourth-order valence-corrected chi connectivity index (χ4v) is 2.12. The van der Waals surface area contributed by atoms with E-state index in [1.807, 2.05) is 6.92 Å². The van der Waals surface area contributed by atoms with Crippen molar-refractivity contribution in [2.45, 2.75) is 19.4 Å². The van der Waals surface area contributed by atoms with E-state index in [-0.39, 0.29) is 23.4 Å². The van der Waals surface area contributed by atoms with Crippen LogP contribution in [0.25, 0.3) is 0 Å². The molecule has 1 amide bonds. The molecule has 20 heavy (non-hydrogen) atoms. The van der Waals surface area contributed by atoms with Gasteiger partial charge in [-0.25, -0.2) is 0 Å². The molecular formula is C13H18N4O3. The molecule has 2 atom stereocenters. The average molecular weight is 278 g/mol. The molecule has 0 aliphatic carbocycles. The number of β-amino-alcohol motifs (C(OH)–C–C–N with tert-alkyl or cyclic N) is 1. The molecule has 7 nitrogen and oxygen atoms in total. The monoisotopic (exact) mass is 278 g/mol. The third-order valence-corrected chi connectivity index (χ3v) is 3.59. The number of pyridine rings is 1. The number of likely N-dealkylation sites (tertiary alicyclic amines) is 1. The van der Waals surface area contributed by atoms with E-state index in [0.717, 1.165) is 6.42 Å². The average Bonchev–Trinajstić information content (AvgIpc) is 2.48. The van der Waals surface area contributed by atoms with Crippen LogP contribution < -0.4 is 5.73 Å². The second-order valence-corrected chi connectivity index (χ2v) is 5.00. The number of hydrogen-bond donors (Lipinski definition) is 3. The van der Waals surface area contributed by atoms with Crippen LogP contribution in [-0.4, -0.2) is 51.1 Å². The van der Waals surface area contributed by atoms with Crippen molar-refractivity contribution in [3.05, 3.63) is 29.6 Å². The van der Waals surface area contributed by atoms with Crippen molar-refractivity contribution >= 4 is 11.7 Å². The number of aromatic nitrogens is 1. The summed E-state index contributed by atoms with van der Waals surface area (Å²) >= 11 is 0. The highest BCUT2D eigenvalue weighted by Gasteiger charge is 2.28. The molecule has 7 heteroatoms. The lowest BCUT2D eigenvalue weighted by Crippen LogP contribution is -2.46. The van der Waals surface area contributed by atoms with Crippen molar-refractivity contribution in [3.8, 4) is 0 Å². The standard InChI is InChI=1S/C13H18N4O3/c1-8-4-5-17(7-11(8)18)13(19)10-3-2-9(6-15-10)12(14)16-20/h2-3,6,8,11,18,20H,4-5,7H2,1H3,(H2,14,16). The molecule has 0 aromatic carbocycles. The summed E-state index contributed by atoms with van der Waals surface area (Å²) in [6.07, 6.45) is 1.66. The summed E-state index contributed by atoms with van der Waals surface area (Å²) < 4.78 is 0. The van der Waals surface area contributed by atoms with Crippen LogP contribution in [0.15, 0.2) is 23.5 Å². The van der Waals surface area contributed by atoms with E-state index in [9.17, 15) is 9.90 Å². The number of hydrogen-bond acceptors (Lipinski definition) is 5. The number of oxime groups is 1. The molecule has 1 aromatic rings. The number of nitrogens with two attached hydrogens (primary N) is 1. The summed E-state index contributed by atoms with van der Waals surface area (Å²) in [6, 6.07) is 3.10. The van der Waals surface area contributed by atoms with Gasteiger partial charge in [-0.15, -0.1) is 0 Å². The molecule has 1 fully saturated rings. The normalized spacial score (nSPS) is 23.7. The Morgan fingerprint density at radius 3 is 2.85 bits per heavy atom. The molecule has 2 rings (SSSR count). The molecule has 0 saturated carbocycles. The van der Waals surface area contributed by atoms with Crippen LogP contribution in [-0.2, 0) is 0 Å². The zero-order valence-corrected chi connectivity index (χ0v) is 11.2. The van der Waals surface area contributed by atoms with E-state index in [1.165, 1.54) is 12.3 Å². The molecule has 4 N–H and O–H groups in total. The minimum absolute atomic E-state index is 0.0567. The smallest absolute Gasteiger partial charge is 0.272 e. The maximum Gasteiger partial charge on any atom is 0.272 e. The molecule has 2 heterocycles. The van der Waals surface area contributed by atoms with E-state index in [2.05, 4.69) is 10.1 Å². The molecule has 1 aliphatic rings. The lowest BCUT2D eigenvalue weighted by atomic mass is 9.96. The van der Waals surface area contributed by atoms with Crippen LogP contribution in [0, 0.1) is 5.92 Å². The summed E-state index contributed by atoms with van der Waals surface area (Å²) in [5.74, 6) is -0.0734. The second-order valence-electron chi connectivity index (χ2n) is 5.00. The number of carbonyl (C=O) groups is 1. The Hall–Kier alpha value is -2.15. The van der Waals surface area contributed by atoms with E-state index < -0.39 is 6.10 Å². The van der Waals surface area contributed by atoms with Crippen LogP contribution >= 0.6 is 0 Å². The lowest BCUT2D eigenvalue weighted by molar-refractivity contribution is 0.0245. The number of rotatable bonds is 2. The summed E-state index contributed by atoms with van der Waals surface area (Å²) in [5, 5.41) is 21.2. The fourth-order valence-electron chi connectivity index (χ4n) is 2.12. The third-order valence-electron chi connectivity index (χ3n) is 3.59. The zero-order valence-electron chi connectivity index (χ0n) is 11.2. The second kappa shape index (κ2) is 5.87. The first-order chi connectivity index (χ1) is 9.52. The van der Waals surface area contributed by atoms with Crippen molar-refractivity contribution < 1.29 is 15.1 Å². The molecule has 0 bridgehead atoms. The quantitative estimate of drug-likeness (QED) is 0.305. The number of amidine groups is 1. The Kier molecular flexibility index (Phi) is 4.19. The topological polar surface area (TPSA) is 112 Å². The van der Waals surface area contributed by atoms with Crippen molar-refractivity contribution in [3.63, 3.8) is 0 Å². The molecule has 108 valence electrons. The summed E-state index contributed by atoms with van der Waals surface area (Å²) in [7, 11) is 0. The van der Waals surface area contributed by atoms with Crippen molar-refractivity contribution in [2.24, 2.45) is 16.8 Å². The molecule has 1 saturated heterocycles. The number of piperidine rings is 1. The van der Waals surface area contributed by atoms with Crippen molar-refractivity contribution in [1.82, 2.24) is 9.88 Å². The van der Waals surface area contributed by atoms with Gasteiger partial charge in [0.15, 0.2) is 5.84 Å². The maximum absolute atomic E-state index is 12.2. The summed E-state index contributed by atoms with van der Waals surface area (Å²) in [4.78, 5) is 17.9. The molecule has 1 aromatic heterocycles. The zero-order chi connectivity index (χ0) is 14.7.